The number of para-hydroxylation sites is 1. The van der Waals surface area contributed by atoms with E-state index in [1.165, 1.54) is 4.57 Å². The lowest BCUT2D eigenvalue weighted by molar-refractivity contribution is 0.853. The van der Waals surface area contributed by atoms with Gasteiger partial charge < -0.3 is 0 Å². The third-order valence-corrected chi connectivity index (χ3v) is 5.13. The fourth-order valence-corrected chi connectivity index (χ4v) is 3.66. The van der Waals surface area contributed by atoms with Crippen LogP contribution in [0.15, 0.2) is 58.5 Å². The lowest BCUT2D eigenvalue weighted by Crippen LogP contribution is -2.20. The Hall–Kier alpha value is -2.31. The van der Waals surface area contributed by atoms with Crippen LogP contribution in [-0.2, 0) is 12.8 Å². The highest BCUT2D eigenvalue weighted by molar-refractivity contribution is 7.98. The molecule has 0 N–H and O–H groups in total. The van der Waals surface area contributed by atoms with Gasteiger partial charge >= 0.3 is 0 Å². The second-order valence-corrected chi connectivity index (χ2v) is 6.79. The zero-order valence-electron chi connectivity index (χ0n) is 12.8. The summed E-state index contributed by atoms with van der Waals surface area (Å²) >= 11 is 7.50. The molecule has 0 atom stereocenters. The smallest absolute Gasteiger partial charge is 0.262 e. The Morgan fingerprint density at radius 3 is 2.62 bits per heavy atom. The van der Waals surface area contributed by atoms with Crippen molar-refractivity contribution in [3.8, 4) is 0 Å². The highest BCUT2D eigenvalue weighted by atomic mass is 35.5. The van der Waals surface area contributed by atoms with E-state index in [9.17, 15) is 4.79 Å². The molecule has 0 radical (unpaired) electrons. The first kappa shape index (κ1) is 15.2. The number of nitrogens with zero attached hydrogens (tertiary/aromatic N) is 4. The first-order valence-electron chi connectivity index (χ1n) is 7.35. The van der Waals surface area contributed by atoms with Crippen molar-refractivity contribution < 1.29 is 0 Å². The van der Waals surface area contributed by atoms with Crippen molar-refractivity contribution in [1.29, 1.82) is 0 Å². The van der Waals surface area contributed by atoms with E-state index in [-0.39, 0.29) is 5.56 Å². The molecule has 5 nitrogen and oxygen atoms in total. The van der Waals surface area contributed by atoms with Crippen LogP contribution in [0, 0.1) is 0 Å². The summed E-state index contributed by atoms with van der Waals surface area (Å²) in [6.45, 7) is 0. The summed E-state index contributed by atoms with van der Waals surface area (Å²) in [7, 11) is 1.71. The summed E-state index contributed by atoms with van der Waals surface area (Å²) in [5.74, 6) is 1.28. The molecule has 0 spiro atoms. The molecule has 4 aromatic rings. The number of benzene rings is 2. The Morgan fingerprint density at radius 2 is 1.83 bits per heavy atom. The molecule has 7 heteroatoms. The summed E-state index contributed by atoms with van der Waals surface area (Å²) in [4.78, 5) is 12.4. The fourth-order valence-electron chi connectivity index (χ4n) is 2.63. The number of thioether (sulfide) groups is 1. The third-order valence-electron chi connectivity index (χ3n) is 3.88. The fraction of sp³-hybridized carbons (Fsp3) is 0.118. The van der Waals surface area contributed by atoms with Crippen LogP contribution in [0.3, 0.4) is 0 Å². The van der Waals surface area contributed by atoms with Crippen molar-refractivity contribution in [3.05, 3.63) is 69.5 Å². The summed E-state index contributed by atoms with van der Waals surface area (Å²) < 4.78 is 3.46. The minimum Gasteiger partial charge on any atom is -0.279 e. The SMILES string of the molecule is Cn1c(=O)c2ccccc2n2c(SCc3ccc(Cl)cc3)nnc12. The number of aryl methyl sites for hydroxylation is 1. The van der Waals surface area contributed by atoms with Crippen molar-refractivity contribution in [1.82, 2.24) is 19.2 Å². The molecule has 4 rings (SSSR count). The summed E-state index contributed by atoms with van der Waals surface area (Å²) in [6, 6.07) is 15.2. The first-order chi connectivity index (χ1) is 11.6. The van der Waals surface area contributed by atoms with Gasteiger partial charge in [0.05, 0.1) is 10.9 Å². The Balaban J connectivity index is 1.82. The van der Waals surface area contributed by atoms with Gasteiger partial charge in [0, 0.05) is 17.8 Å². The van der Waals surface area contributed by atoms with Crippen molar-refractivity contribution in [2.45, 2.75) is 10.9 Å². The summed E-state index contributed by atoms with van der Waals surface area (Å²) in [6.07, 6.45) is 0. The second-order valence-electron chi connectivity index (χ2n) is 5.41. The van der Waals surface area contributed by atoms with Gasteiger partial charge in [0.2, 0.25) is 5.78 Å². The highest BCUT2D eigenvalue weighted by Crippen LogP contribution is 2.24. The number of hydrogen-bond donors (Lipinski definition) is 0. The van der Waals surface area contributed by atoms with Crippen molar-refractivity contribution in [2.75, 3.05) is 0 Å². The maximum absolute atomic E-state index is 12.4. The topological polar surface area (TPSA) is 52.2 Å². The van der Waals surface area contributed by atoms with E-state index >= 15 is 0 Å². The average Bonchev–Trinajstić information content (AvgIpc) is 3.03. The van der Waals surface area contributed by atoms with Gasteiger partial charge in [0.15, 0.2) is 5.16 Å². The van der Waals surface area contributed by atoms with Crippen LogP contribution in [-0.4, -0.2) is 19.2 Å². The van der Waals surface area contributed by atoms with Gasteiger partial charge in [-0.15, -0.1) is 10.2 Å². The van der Waals surface area contributed by atoms with E-state index in [2.05, 4.69) is 10.2 Å². The molecule has 0 saturated carbocycles. The van der Waals surface area contributed by atoms with Gasteiger partial charge in [-0.25, -0.2) is 0 Å². The predicted molar refractivity (Wildman–Crippen MR) is 96.7 cm³/mol. The van der Waals surface area contributed by atoms with Gasteiger partial charge in [-0.2, -0.15) is 0 Å². The quantitative estimate of drug-likeness (QED) is 0.527. The van der Waals surface area contributed by atoms with Crippen molar-refractivity contribution >= 4 is 40.0 Å². The van der Waals surface area contributed by atoms with Crippen LogP contribution >= 0.6 is 23.4 Å². The predicted octanol–water partition coefficient (Wildman–Crippen LogP) is 3.53. The molecule has 0 aliphatic carbocycles. The number of fused-ring (bicyclic) bond motifs is 3. The van der Waals surface area contributed by atoms with E-state index in [0.717, 1.165) is 27.0 Å². The molecule has 0 aliphatic rings. The molecule has 120 valence electrons. The largest absolute Gasteiger partial charge is 0.279 e. The highest BCUT2D eigenvalue weighted by Gasteiger charge is 2.14. The van der Waals surface area contributed by atoms with Crippen LogP contribution < -0.4 is 5.56 Å². The van der Waals surface area contributed by atoms with Crippen LogP contribution in [0.4, 0.5) is 0 Å². The monoisotopic (exact) mass is 356 g/mol. The molecule has 0 saturated heterocycles. The number of halogens is 1. The van der Waals surface area contributed by atoms with Crippen LogP contribution in [0.25, 0.3) is 16.7 Å². The summed E-state index contributed by atoms with van der Waals surface area (Å²) in [5.41, 5.74) is 1.90. The zero-order chi connectivity index (χ0) is 16.7. The van der Waals surface area contributed by atoms with Gasteiger partial charge in [0.1, 0.15) is 0 Å². The molecule has 0 amide bonds. The van der Waals surface area contributed by atoms with Gasteiger partial charge in [0.25, 0.3) is 5.56 Å². The molecule has 2 aromatic heterocycles. The zero-order valence-corrected chi connectivity index (χ0v) is 14.4. The maximum Gasteiger partial charge on any atom is 0.262 e. The Labute approximate surface area is 146 Å². The standard InChI is InChI=1S/C17H13ClN4OS/c1-21-15(23)13-4-2-3-5-14(13)22-16(21)19-20-17(22)24-10-11-6-8-12(18)9-7-11/h2-9H,10H2,1H3. The number of aromatic nitrogens is 4. The van der Waals surface area contributed by atoms with Crippen molar-refractivity contribution in [3.63, 3.8) is 0 Å². The Morgan fingerprint density at radius 1 is 1.08 bits per heavy atom. The first-order valence-corrected chi connectivity index (χ1v) is 8.71. The Kier molecular flexibility index (Phi) is 3.78. The van der Waals surface area contributed by atoms with Crippen LogP contribution in [0.5, 0.6) is 0 Å². The molecule has 2 aromatic carbocycles. The molecule has 0 unspecified atom stereocenters. The van der Waals surface area contributed by atoms with Gasteiger partial charge in [-0.1, -0.05) is 47.6 Å². The van der Waals surface area contributed by atoms with Crippen molar-refractivity contribution in [2.24, 2.45) is 7.05 Å². The molecular formula is C17H13ClN4OS. The minimum atomic E-state index is -0.0697. The lowest BCUT2D eigenvalue weighted by Gasteiger charge is -2.07. The minimum absolute atomic E-state index is 0.0697. The lowest BCUT2D eigenvalue weighted by atomic mass is 10.2. The third kappa shape index (κ3) is 2.48. The van der Waals surface area contributed by atoms with E-state index in [0.29, 0.717) is 11.2 Å². The normalized spacial score (nSPS) is 11.4. The van der Waals surface area contributed by atoms with E-state index in [4.69, 9.17) is 11.6 Å². The Bertz CT molecular complexity index is 1100. The van der Waals surface area contributed by atoms with E-state index in [1.54, 1.807) is 18.8 Å². The number of rotatable bonds is 3. The van der Waals surface area contributed by atoms with E-state index in [1.807, 2.05) is 52.9 Å². The molecule has 0 bridgehead atoms. The molecule has 2 heterocycles. The second kappa shape index (κ2) is 5.96. The molecular weight excluding hydrogens is 344 g/mol. The summed E-state index contributed by atoms with van der Waals surface area (Å²) in [5, 5.41) is 10.6. The van der Waals surface area contributed by atoms with Gasteiger partial charge in [-0.05, 0) is 29.8 Å². The molecule has 24 heavy (non-hydrogen) atoms. The van der Waals surface area contributed by atoms with Gasteiger partial charge in [-0.3, -0.25) is 13.8 Å². The molecule has 0 fully saturated rings. The van der Waals surface area contributed by atoms with Crippen LogP contribution in [0.2, 0.25) is 5.02 Å². The average molecular weight is 357 g/mol. The van der Waals surface area contributed by atoms with Crippen LogP contribution in [0.1, 0.15) is 5.56 Å². The number of hydrogen-bond acceptors (Lipinski definition) is 4. The molecule has 0 aliphatic heterocycles. The van der Waals surface area contributed by atoms with E-state index < -0.39 is 0 Å². The maximum atomic E-state index is 12.4.